The Kier molecular flexibility index (Phi) is 6.12. The highest BCUT2D eigenvalue weighted by molar-refractivity contribution is 5.79. The van der Waals surface area contributed by atoms with Crippen LogP contribution in [0.1, 0.15) is 31.2 Å². The second-order valence-electron chi connectivity index (χ2n) is 9.80. The monoisotopic (exact) mass is 438 g/mol. The average Bonchev–Trinajstić information content (AvgIpc) is 3.59. The van der Waals surface area contributed by atoms with Crippen LogP contribution in [0.15, 0.2) is 42.5 Å². The molecule has 0 saturated carbocycles. The van der Waals surface area contributed by atoms with Gasteiger partial charge < -0.3 is 30.4 Å². The van der Waals surface area contributed by atoms with Crippen LogP contribution in [0.4, 0.5) is 11.4 Å². The Morgan fingerprint density at radius 3 is 1.59 bits per heavy atom. The maximum Gasteiger partial charge on any atom is 0.0815 e. The summed E-state index contributed by atoms with van der Waals surface area (Å²) in [5.41, 5.74) is 16.9. The van der Waals surface area contributed by atoms with Gasteiger partial charge in [0.1, 0.15) is 0 Å². The summed E-state index contributed by atoms with van der Waals surface area (Å²) in [6.45, 7) is 5.83. The second-order valence-corrected chi connectivity index (χ2v) is 9.80. The minimum atomic E-state index is 0.338. The fourth-order valence-corrected chi connectivity index (χ4v) is 4.91. The van der Waals surface area contributed by atoms with Crippen molar-refractivity contribution in [3.63, 3.8) is 0 Å². The molecule has 4 heterocycles. The number of benzene rings is 2. The molecule has 2 aromatic carbocycles. The van der Waals surface area contributed by atoms with E-state index in [0.717, 1.165) is 54.5 Å². The number of nitrogen functional groups attached to an aromatic ring is 2. The minimum absolute atomic E-state index is 0.338. The van der Waals surface area contributed by atoms with Gasteiger partial charge in [0.05, 0.1) is 50.8 Å². The van der Waals surface area contributed by atoms with Crippen LogP contribution in [-0.4, -0.2) is 50.8 Å². The molecule has 4 N–H and O–H groups in total. The number of hydrogen-bond acceptors (Lipinski definition) is 6. The summed E-state index contributed by atoms with van der Waals surface area (Å²) in [5.74, 6) is 0. The summed E-state index contributed by atoms with van der Waals surface area (Å²) in [7, 11) is 0. The smallest absolute Gasteiger partial charge is 0.0815 e. The zero-order valence-corrected chi connectivity index (χ0v) is 18.8. The summed E-state index contributed by atoms with van der Waals surface area (Å²) in [5, 5.41) is 0. The third-order valence-electron chi connectivity index (χ3n) is 6.75. The van der Waals surface area contributed by atoms with E-state index in [1.54, 1.807) is 0 Å². The molecule has 0 radical (unpaired) electrons. The second kappa shape index (κ2) is 9.02. The quantitative estimate of drug-likeness (QED) is 0.454. The molecular formula is C26H34N2O4. The Hall–Kier alpha value is -2.12. The molecule has 6 heteroatoms. The number of hydrogen-bond donors (Lipinski definition) is 2. The van der Waals surface area contributed by atoms with E-state index in [-0.39, 0.29) is 0 Å². The molecule has 6 nitrogen and oxygen atoms in total. The van der Waals surface area contributed by atoms with Gasteiger partial charge in [-0.2, -0.15) is 0 Å². The van der Waals surface area contributed by atoms with Crippen molar-refractivity contribution in [2.24, 2.45) is 5.41 Å². The highest BCUT2D eigenvalue weighted by atomic mass is 16.6. The lowest BCUT2D eigenvalue weighted by molar-refractivity contribution is 0.129. The first-order valence-electron chi connectivity index (χ1n) is 11.7. The molecule has 0 spiro atoms. The van der Waals surface area contributed by atoms with Crippen LogP contribution in [0.3, 0.4) is 0 Å². The van der Waals surface area contributed by atoms with Gasteiger partial charge in [-0.3, -0.25) is 0 Å². The molecule has 4 fully saturated rings. The molecule has 4 unspecified atom stereocenters. The molecule has 4 aliphatic heterocycles. The first kappa shape index (κ1) is 21.7. The Labute approximate surface area is 190 Å². The maximum absolute atomic E-state index is 5.93. The van der Waals surface area contributed by atoms with Gasteiger partial charge in [-0.05, 0) is 67.3 Å². The summed E-state index contributed by atoms with van der Waals surface area (Å²) in [6.07, 6.45) is 6.66. The van der Waals surface area contributed by atoms with Gasteiger partial charge in [0.15, 0.2) is 0 Å². The van der Waals surface area contributed by atoms with E-state index >= 15 is 0 Å². The van der Waals surface area contributed by atoms with Gasteiger partial charge >= 0.3 is 0 Å². The number of aryl methyl sites for hydroxylation is 1. The lowest BCUT2D eigenvalue weighted by Gasteiger charge is -2.32. The highest BCUT2D eigenvalue weighted by Gasteiger charge is 2.48. The minimum Gasteiger partial charge on any atom is -0.399 e. The average molecular weight is 439 g/mol. The number of ether oxygens (including phenoxy) is 4. The van der Waals surface area contributed by atoms with Crippen molar-refractivity contribution in [2.45, 2.75) is 57.0 Å². The van der Waals surface area contributed by atoms with Crippen molar-refractivity contribution >= 4 is 11.4 Å². The third-order valence-corrected chi connectivity index (χ3v) is 6.75. The molecule has 2 aromatic rings. The van der Waals surface area contributed by atoms with Gasteiger partial charge in [0, 0.05) is 16.9 Å². The number of anilines is 2. The van der Waals surface area contributed by atoms with Crippen molar-refractivity contribution in [2.75, 3.05) is 37.9 Å². The first-order chi connectivity index (χ1) is 15.5. The Bertz CT molecular complexity index is 872. The predicted molar refractivity (Wildman–Crippen MR) is 125 cm³/mol. The molecule has 0 amide bonds. The molecule has 0 aromatic heterocycles. The van der Waals surface area contributed by atoms with Crippen LogP contribution in [0.2, 0.25) is 0 Å². The molecule has 4 saturated heterocycles. The van der Waals surface area contributed by atoms with Crippen molar-refractivity contribution in [3.05, 3.63) is 48.0 Å². The predicted octanol–water partition coefficient (Wildman–Crippen LogP) is 3.95. The first-order valence-corrected chi connectivity index (χ1v) is 11.7. The molecule has 4 atom stereocenters. The molecule has 172 valence electrons. The van der Waals surface area contributed by atoms with E-state index < -0.39 is 0 Å². The Balaban J connectivity index is 0.000000136. The fourth-order valence-electron chi connectivity index (χ4n) is 4.91. The van der Waals surface area contributed by atoms with Crippen molar-refractivity contribution in [1.82, 2.24) is 0 Å². The van der Waals surface area contributed by atoms with Crippen molar-refractivity contribution < 1.29 is 18.9 Å². The molecule has 32 heavy (non-hydrogen) atoms. The molecule has 4 aliphatic rings. The summed E-state index contributed by atoms with van der Waals surface area (Å²) in [6, 6.07) is 13.7. The number of epoxide rings is 4. The van der Waals surface area contributed by atoms with Crippen LogP contribution in [0.25, 0.3) is 11.1 Å². The molecule has 0 bridgehead atoms. The van der Waals surface area contributed by atoms with Gasteiger partial charge in [-0.25, -0.2) is 0 Å². The van der Waals surface area contributed by atoms with Crippen LogP contribution in [0.5, 0.6) is 0 Å². The van der Waals surface area contributed by atoms with E-state index in [2.05, 4.69) is 0 Å². The SMILES string of the molecule is C1OC1CC(CC1CO1)(CC1CO1)CC1CO1.Cc1cc(N)ccc1-c1ccccc1N. The van der Waals surface area contributed by atoms with Gasteiger partial charge in [-0.15, -0.1) is 0 Å². The zero-order valence-electron chi connectivity index (χ0n) is 18.8. The lowest BCUT2D eigenvalue weighted by Crippen LogP contribution is -2.29. The Morgan fingerprint density at radius 1 is 0.719 bits per heavy atom. The zero-order chi connectivity index (χ0) is 22.1. The van der Waals surface area contributed by atoms with Crippen LogP contribution >= 0.6 is 0 Å². The summed E-state index contributed by atoms with van der Waals surface area (Å²) in [4.78, 5) is 0. The van der Waals surface area contributed by atoms with Crippen molar-refractivity contribution in [3.8, 4) is 11.1 Å². The Morgan fingerprint density at radius 2 is 1.19 bits per heavy atom. The van der Waals surface area contributed by atoms with E-state index in [1.165, 1.54) is 25.7 Å². The van der Waals surface area contributed by atoms with E-state index in [0.29, 0.717) is 29.8 Å². The maximum atomic E-state index is 5.93. The lowest BCUT2D eigenvalue weighted by atomic mass is 9.72. The summed E-state index contributed by atoms with van der Waals surface area (Å²) >= 11 is 0. The number of rotatable bonds is 9. The fraction of sp³-hybridized carbons (Fsp3) is 0.538. The topological polar surface area (TPSA) is 102 Å². The van der Waals surface area contributed by atoms with E-state index in [1.807, 2.05) is 49.4 Å². The summed E-state index contributed by atoms with van der Waals surface area (Å²) < 4.78 is 21.8. The number of nitrogens with two attached hydrogens (primary N) is 2. The molecule has 0 aliphatic carbocycles. The van der Waals surface area contributed by atoms with Gasteiger partial charge in [-0.1, -0.05) is 24.3 Å². The van der Waals surface area contributed by atoms with Crippen LogP contribution in [-0.2, 0) is 18.9 Å². The van der Waals surface area contributed by atoms with E-state index in [9.17, 15) is 0 Å². The van der Waals surface area contributed by atoms with Crippen LogP contribution < -0.4 is 11.5 Å². The van der Waals surface area contributed by atoms with Crippen LogP contribution in [0, 0.1) is 12.3 Å². The number of para-hydroxylation sites is 1. The van der Waals surface area contributed by atoms with E-state index in [4.69, 9.17) is 30.4 Å². The standard InChI is InChI=1S/C13H14N2.C13H20O4/c1-9-8-10(14)6-7-11(9)12-4-2-3-5-13(12)15;1(9-5-14-9)13(2-10-6-15-10,3-11-7-16-11)4-12-8-17-12/h2-8H,14-15H2,1H3;9-12H,1-8H2. The molecule has 6 rings (SSSR count). The van der Waals surface area contributed by atoms with Crippen molar-refractivity contribution in [1.29, 1.82) is 0 Å². The third kappa shape index (κ3) is 6.01. The highest BCUT2D eigenvalue weighted by Crippen LogP contribution is 2.48. The van der Waals surface area contributed by atoms with Gasteiger partial charge in [0.25, 0.3) is 0 Å². The molecular weight excluding hydrogens is 404 g/mol. The largest absolute Gasteiger partial charge is 0.399 e. The normalized spacial score (nSPS) is 28.8. The van der Waals surface area contributed by atoms with Gasteiger partial charge in [0.2, 0.25) is 0 Å².